The molecular formula is C14H22Cl2NO2+. The fourth-order valence-corrected chi connectivity index (χ4v) is 1.84. The molecule has 0 aromatic heterocycles. The molecule has 0 saturated carbocycles. The zero-order valence-corrected chi connectivity index (χ0v) is 13.0. The Morgan fingerprint density at radius 3 is 2.74 bits per heavy atom. The second-order valence-corrected chi connectivity index (χ2v) is 5.29. The zero-order valence-electron chi connectivity index (χ0n) is 11.5. The fourth-order valence-electron chi connectivity index (χ4n) is 1.50. The third-order valence-electron chi connectivity index (χ3n) is 2.85. The summed E-state index contributed by atoms with van der Waals surface area (Å²) in [5.74, 6) is 0.601. The number of hydrogen-bond acceptors (Lipinski definition) is 2. The molecule has 1 aromatic carbocycles. The minimum atomic E-state index is 0.476. The van der Waals surface area contributed by atoms with Gasteiger partial charge in [0.25, 0.3) is 0 Å². The first-order valence-electron chi connectivity index (χ1n) is 6.62. The lowest BCUT2D eigenvalue weighted by molar-refractivity contribution is -0.687. The van der Waals surface area contributed by atoms with Gasteiger partial charge in [-0.05, 0) is 25.5 Å². The predicted octanol–water partition coefficient (Wildman–Crippen LogP) is 2.75. The second-order valence-electron chi connectivity index (χ2n) is 4.45. The van der Waals surface area contributed by atoms with E-state index in [1.165, 1.54) is 6.42 Å². The molecular weight excluding hydrogens is 285 g/mol. The molecule has 1 rings (SSSR count). The average Bonchev–Trinajstić information content (AvgIpc) is 2.41. The molecule has 0 aliphatic carbocycles. The quantitative estimate of drug-likeness (QED) is 0.712. The van der Waals surface area contributed by atoms with E-state index in [-0.39, 0.29) is 0 Å². The van der Waals surface area contributed by atoms with Crippen molar-refractivity contribution >= 4 is 23.2 Å². The van der Waals surface area contributed by atoms with Gasteiger partial charge in [0.1, 0.15) is 12.4 Å². The van der Waals surface area contributed by atoms with Crippen molar-refractivity contribution in [1.29, 1.82) is 0 Å². The van der Waals surface area contributed by atoms with Gasteiger partial charge in [-0.3, -0.25) is 0 Å². The van der Waals surface area contributed by atoms with Gasteiger partial charge in [0, 0.05) is 11.1 Å². The van der Waals surface area contributed by atoms with E-state index in [1.54, 1.807) is 18.2 Å². The summed E-state index contributed by atoms with van der Waals surface area (Å²) < 4.78 is 11.0. The van der Waals surface area contributed by atoms with Gasteiger partial charge in [-0.15, -0.1) is 0 Å². The summed E-state index contributed by atoms with van der Waals surface area (Å²) in [5, 5.41) is 3.47. The van der Waals surface area contributed by atoms with E-state index < -0.39 is 0 Å². The van der Waals surface area contributed by atoms with Crippen LogP contribution in [0.3, 0.4) is 0 Å². The Morgan fingerprint density at radius 1 is 1.21 bits per heavy atom. The van der Waals surface area contributed by atoms with Gasteiger partial charge in [-0.25, -0.2) is 0 Å². The maximum atomic E-state index is 5.98. The summed E-state index contributed by atoms with van der Waals surface area (Å²) >= 11 is 11.8. The highest BCUT2D eigenvalue weighted by Crippen LogP contribution is 2.27. The lowest BCUT2D eigenvalue weighted by Crippen LogP contribution is -2.90. The van der Waals surface area contributed by atoms with Crippen LogP contribution >= 0.6 is 23.2 Å². The standard InChI is InChI=1S/C14H21Cl2NO2/c1-3-11(2)17-6-7-18-8-9-19-14-10-12(15)4-5-13(14)16/h4-5,10-11,17H,3,6-9H2,1-2H3/p+1/t11-/m0/s1. The van der Waals surface area contributed by atoms with Crippen LogP contribution in [-0.4, -0.2) is 32.4 Å². The first kappa shape index (κ1) is 16.6. The summed E-state index contributed by atoms with van der Waals surface area (Å²) in [6, 6.07) is 5.82. The van der Waals surface area contributed by atoms with Crippen LogP contribution in [0.1, 0.15) is 20.3 Å². The Hall–Kier alpha value is -0.480. The molecule has 3 nitrogen and oxygen atoms in total. The first-order chi connectivity index (χ1) is 9.13. The van der Waals surface area contributed by atoms with Crippen LogP contribution < -0.4 is 10.1 Å². The van der Waals surface area contributed by atoms with Crippen molar-refractivity contribution in [2.75, 3.05) is 26.4 Å². The molecule has 19 heavy (non-hydrogen) atoms. The van der Waals surface area contributed by atoms with E-state index in [9.17, 15) is 0 Å². The highest BCUT2D eigenvalue weighted by atomic mass is 35.5. The Bertz CT molecular complexity index is 374. The summed E-state index contributed by atoms with van der Waals surface area (Å²) in [5.41, 5.74) is 0. The van der Waals surface area contributed by atoms with Gasteiger partial charge in [0.05, 0.1) is 30.8 Å². The lowest BCUT2D eigenvalue weighted by atomic mass is 10.3. The van der Waals surface area contributed by atoms with Gasteiger partial charge in [-0.2, -0.15) is 0 Å². The van der Waals surface area contributed by atoms with E-state index in [2.05, 4.69) is 19.2 Å². The monoisotopic (exact) mass is 306 g/mol. The molecule has 0 heterocycles. The maximum absolute atomic E-state index is 5.98. The normalized spacial score (nSPS) is 12.4. The highest BCUT2D eigenvalue weighted by molar-refractivity contribution is 6.34. The molecule has 1 atom stereocenters. The van der Waals surface area contributed by atoms with Crippen LogP contribution in [0.4, 0.5) is 0 Å². The minimum Gasteiger partial charge on any atom is -0.490 e. The third-order valence-corrected chi connectivity index (χ3v) is 3.40. The lowest BCUT2D eigenvalue weighted by Gasteiger charge is -2.10. The Morgan fingerprint density at radius 2 is 2.00 bits per heavy atom. The Labute approximate surface area is 125 Å². The van der Waals surface area contributed by atoms with E-state index in [4.69, 9.17) is 32.7 Å². The van der Waals surface area contributed by atoms with E-state index >= 15 is 0 Å². The van der Waals surface area contributed by atoms with Crippen LogP contribution in [0.15, 0.2) is 18.2 Å². The molecule has 0 spiro atoms. The van der Waals surface area contributed by atoms with Crippen LogP contribution in [0, 0.1) is 0 Å². The molecule has 0 bridgehead atoms. The number of benzene rings is 1. The summed E-state index contributed by atoms with van der Waals surface area (Å²) in [4.78, 5) is 0. The topological polar surface area (TPSA) is 35.1 Å². The Kier molecular flexibility index (Phi) is 8.22. The van der Waals surface area contributed by atoms with Crippen molar-refractivity contribution in [2.24, 2.45) is 0 Å². The summed E-state index contributed by atoms with van der Waals surface area (Å²) in [6.45, 7) is 7.14. The van der Waals surface area contributed by atoms with E-state index in [0.717, 1.165) is 13.2 Å². The molecule has 0 aliphatic rings. The molecule has 5 heteroatoms. The number of halogens is 2. The van der Waals surface area contributed by atoms with Crippen molar-refractivity contribution in [3.05, 3.63) is 28.2 Å². The number of quaternary nitrogens is 1. The number of ether oxygens (including phenoxy) is 2. The minimum absolute atomic E-state index is 0.476. The highest BCUT2D eigenvalue weighted by Gasteiger charge is 2.03. The molecule has 0 saturated heterocycles. The zero-order chi connectivity index (χ0) is 14.1. The van der Waals surface area contributed by atoms with Gasteiger partial charge >= 0.3 is 0 Å². The van der Waals surface area contributed by atoms with Crippen LogP contribution in [0.2, 0.25) is 10.0 Å². The molecule has 1 aromatic rings. The predicted molar refractivity (Wildman–Crippen MR) is 79.3 cm³/mol. The molecule has 0 fully saturated rings. The molecule has 0 unspecified atom stereocenters. The first-order valence-corrected chi connectivity index (χ1v) is 7.38. The van der Waals surface area contributed by atoms with Gasteiger partial charge in [0.15, 0.2) is 0 Å². The van der Waals surface area contributed by atoms with Crippen LogP contribution in [0.5, 0.6) is 5.75 Å². The van der Waals surface area contributed by atoms with Crippen molar-refractivity contribution in [3.8, 4) is 5.75 Å². The van der Waals surface area contributed by atoms with Crippen molar-refractivity contribution in [3.63, 3.8) is 0 Å². The van der Waals surface area contributed by atoms with Gasteiger partial charge in [-0.1, -0.05) is 30.1 Å². The molecule has 0 radical (unpaired) electrons. The average molecular weight is 307 g/mol. The van der Waals surface area contributed by atoms with E-state index in [0.29, 0.717) is 35.1 Å². The van der Waals surface area contributed by atoms with Crippen molar-refractivity contribution < 1.29 is 14.8 Å². The molecule has 0 amide bonds. The molecule has 2 N–H and O–H groups in total. The second kappa shape index (κ2) is 9.43. The molecule has 0 aliphatic heterocycles. The molecule has 108 valence electrons. The van der Waals surface area contributed by atoms with Gasteiger partial charge < -0.3 is 14.8 Å². The van der Waals surface area contributed by atoms with E-state index in [1.807, 2.05) is 0 Å². The van der Waals surface area contributed by atoms with Crippen LogP contribution in [-0.2, 0) is 4.74 Å². The fraction of sp³-hybridized carbons (Fsp3) is 0.571. The number of rotatable bonds is 9. The SMILES string of the molecule is CC[C@H](C)[NH2+]CCOCCOc1cc(Cl)ccc1Cl. The number of hydrogen-bond donors (Lipinski definition) is 1. The van der Waals surface area contributed by atoms with Crippen molar-refractivity contribution in [2.45, 2.75) is 26.3 Å². The maximum Gasteiger partial charge on any atom is 0.139 e. The Balaban J connectivity index is 2.09. The van der Waals surface area contributed by atoms with Gasteiger partial charge in [0.2, 0.25) is 0 Å². The summed E-state index contributed by atoms with van der Waals surface area (Å²) in [6.07, 6.45) is 1.18. The third kappa shape index (κ3) is 7.02. The largest absolute Gasteiger partial charge is 0.490 e. The smallest absolute Gasteiger partial charge is 0.139 e. The number of nitrogens with two attached hydrogens (primary N) is 1. The summed E-state index contributed by atoms with van der Waals surface area (Å²) in [7, 11) is 0. The van der Waals surface area contributed by atoms with Crippen molar-refractivity contribution in [1.82, 2.24) is 0 Å². The van der Waals surface area contributed by atoms with Crippen LogP contribution in [0.25, 0.3) is 0 Å².